The molecular weight excluding hydrogens is 160 g/mol. The fraction of sp³-hybridized carbons (Fsp3) is 0.875. The Kier molecular flexibility index (Phi) is 6.30. The Balaban J connectivity index is 0.000001000. The summed E-state index contributed by atoms with van der Waals surface area (Å²) in [5.74, 6) is 0. The molecule has 1 fully saturated rings. The van der Waals surface area contributed by atoms with Gasteiger partial charge in [0.05, 0.1) is 6.07 Å². The van der Waals surface area contributed by atoms with E-state index in [0.717, 1.165) is 13.0 Å². The number of hydrogen-bond acceptors (Lipinski definition) is 2. The maximum absolute atomic E-state index is 8.32. The molecule has 0 bridgehead atoms. The van der Waals surface area contributed by atoms with Crippen molar-refractivity contribution in [2.45, 2.75) is 38.1 Å². The van der Waals surface area contributed by atoms with E-state index in [1.807, 2.05) is 0 Å². The van der Waals surface area contributed by atoms with Crippen LogP contribution in [0.4, 0.5) is 0 Å². The number of rotatable bonds is 2. The molecule has 0 radical (unpaired) electrons. The highest BCUT2D eigenvalue weighted by Gasteiger charge is 2.10. The van der Waals surface area contributed by atoms with E-state index in [-0.39, 0.29) is 12.4 Å². The van der Waals surface area contributed by atoms with Crippen LogP contribution in [0.15, 0.2) is 0 Å². The molecule has 1 atom stereocenters. The second-order valence-corrected chi connectivity index (χ2v) is 2.84. The minimum absolute atomic E-state index is 0. The maximum atomic E-state index is 8.32. The monoisotopic (exact) mass is 174 g/mol. The van der Waals surface area contributed by atoms with Crippen molar-refractivity contribution in [2.75, 3.05) is 6.54 Å². The number of piperidine rings is 1. The summed E-state index contributed by atoms with van der Waals surface area (Å²) >= 11 is 0. The molecule has 64 valence electrons. The topological polar surface area (TPSA) is 35.8 Å². The van der Waals surface area contributed by atoms with Gasteiger partial charge in [-0.1, -0.05) is 6.42 Å². The van der Waals surface area contributed by atoms with Gasteiger partial charge in [0.2, 0.25) is 0 Å². The van der Waals surface area contributed by atoms with Gasteiger partial charge < -0.3 is 5.32 Å². The zero-order chi connectivity index (χ0) is 7.23. The first-order chi connectivity index (χ1) is 4.93. The van der Waals surface area contributed by atoms with E-state index >= 15 is 0 Å². The first kappa shape index (κ1) is 10.7. The normalized spacial score (nSPS) is 23.4. The van der Waals surface area contributed by atoms with Gasteiger partial charge in [-0.05, 0) is 25.8 Å². The maximum Gasteiger partial charge on any atom is 0.0622 e. The highest BCUT2D eigenvalue weighted by molar-refractivity contribution is 5.85. The van der Waals surface area contributed by atoms with Crippen LogP contribution in [0.5, 0.6) is 0 Å². The van der Waals surface area contributed by atoms with E-state index in [1.54, 1.807) is 0 Å². The molecule has 0 aromatic heterocycles. The van der Waals surface area contributed by atoms with Crippen LogP contribution in [0.2, 0.25) is 0 Å². The summed E-state index contributed by atoms with van der Waals surface area (Å²) in [7, 11) is 0. The molecular formula is C8H15ClN2. The summed E-state index contributed by atoms with van der Waals surface area (Å²) in [5, 5.41) is 11.7. The molecule has 0 saturated carbocycles. The molecule has 0 aromatic carbocycles. The SMILES string of the molecule is Cl.N#CCCC1CCCCN1. The van der Waals surface area contributed by atoms with Crippen molar-refractivity contribution in [1.82, 2.24) is 5.32 Å². The lowest BCUT2D eigenvalue weighted by atomic mass is 10.0. The second kappa shape index (κ2) is 6.45. The number of nitriles is 1. The third kappa shape index (κ3) is 4.23. The van der Waals surface area contributed by atoms with Crippen LogP contribution < -0.4 is 5.32 Å². The van der Waals surface area contributed by atoms with Gasteiger partial charge in [-0.25, -0.2) is 0 Å². The van der Waals surface area contributed by atoms with Crippen LogP contribution in [0, 0.1) is 11.3 Å². The summed E-state index contributed by atoms with van der Waals surface area (Å²) in [5.41, 5.74) is 0. The predicted molar refractivity (Wildman–Crippen MR) is 47.7 cm³/mol. The van der Waals surface area contributed by atoms with Crippen molar-refractivity contribution in [3.8, 4) is 6.07 Å². The van der Waals surface area contributed by atoms with E-state index in [0.29, 0.717) is 12.5 Å². The van der Waals surface area contributed by atoms with Gasteiger partial charge in [0, 0.05) is 12.5 Å². The lowest BCUT2D eigenvalue weighted by molar-refractivity contribution is 0.385. The molecule has 11 heavy (non-hydrogen) atoms. The Labute approximate surface area is 74.4 Å². The molecule has 1 aliphatic heterocycles. The average Bonchev–Trinajstić information content (AvgIpc) is 2.03. The standard InChI is InChI=1S/C8H14N2.ClH/c9-6-3-5-8-4-1-2-7-10-8;/h8,10H,1-5,7H2;1H. The quantitative estimate of drug-likeness (QED) is 0.694. The van der Waals surface area contributed by atoms with Crippen molar-refractivity contribution >= 4 is 12.4 Å². The van der Waals surface area contributed by atoms with Crippen LogP contribution in [-0.2, 0) is 0 Å². The molecule has 1 unspecified atom stereocenters. The summed E-state index contributed by atoms with van der Waals surface area (Å²) in [4.78, 5) is 0. The molecule has 2 nitrogen and oxygen atoms in total. The van der Waals surface area contributed by atoms with Crippen molar-refractivity contribution < 1.29 is 0 Å². The lowest BCUT2D eigenvalue weighted by Gasteiger charge is -2.22. The van der Waals surface area contributed by atoms with Crippen LogP contribution >= 0.6 is 12.4 Å². The second-order valence-electron chi connectivity index (χ2n) is 2.84. The van der Waals surface area contributed by atoms with Gasteiger partial charge in [-0.15, -0.1) is 12.4 Å². The van der Waals surface area contributed by atoms with Gasteiger partial charge >= 0.3 is 0 Å². The van der Waals surface area contributed by atoms with Crippen LogP contribution in [0.3, 0.4) is 0 Å². The zero-order valence-corrected chi connectivity index (χ0v) is 7.49. The Morgan fingerprint density at radius 2 is 2.27 bits per heavy atom. The number of halogens is 1. The molecule has 1 N–H and O–H groups in total. The molecule has 1 saturated heterocycles. The smallest absolute Gasteiger partial charge is 0.0622 e. The van der Waals surface area contributed by atoms with Gasteiger partial charge in [0.15, 0.2) is 0 Å². The highest BCUT2D eigenvalue weighted by Crippen LogP contribution is 2.10. The van der Waals surface area contributed by atoms with E-state index in [4.69, 9.17) is 5.26 Å². The summed E-state index contributed by atoms with van der Waals surface area (Å²) in [6.45, 7) is 1.15. The number of nitrogens with zero attached hydrogens (tertiary/aromatic N) is 1. The Morgan fingerprint density at radius 1 is 1.45 bits per heavy atom. The zero-order valence-electron chi connectivity index (χ0n) is 6.68. The first-order valence-corrected chi connectivity index (χ1v) is 4.04. The van der Waals surface area contributed by atoms with Crippen LogP contribution in [0.1, 0.15) is 32.1 Å². The molecule has 1 aliphatic rings. The Morgan fingerprint density at radius 3 is 2.82 bits per heavy atom. The van der Waals surface area contributed by atoms with Crippen molar-refractivity contribution in [2.24, 2.45) is 0 Å². The molecule has 0 aliphatic carbocycles. The Bertz CT molecular complexity index is 125. The fourth-order valence-corrected chi connectivity index (χ4v) is 1.41. The highest BCUT2D eigenvalue weighted by atomic mass is 35.5. The van der Waals surface area contributed by atoms with Gasteiger partial charge in [0.25, 0.3) is 0 Å². The van der Waals surface area contributed by atoms with Gasteiger partial charge in [-0.3, -0.25) is 0 Å². The summed E-state index contributed by atoms with van der Waals surface area (Å²) in [6, 6.07) is 2.81. The van der Waals surface area contributed by atoms with Gasteiger partial charge in [0.1, 0.15) is 0 Å². The largest absolute Gasteiger partial charge is 0.314 e. The first-order valence-electron chi connectivity index (χ1n) is 4.04. The molecule has 0 spiro atoms. The summed E-state index contributed by atoms with van der Waals surface area (Å²) in [6.07, 6.45) is 5.65. The average molecular weight is 175 g/mol. The van der Waals surface area contributed by atoms with E-state index in [9.17, 15) is 0 Å². The van der Waals surface area contributed by atoms with E-state index in [2.05, 4.69) is 11.4 Å². The molecule has 1 rings (SSSR count). The van der Waals surface area contributed by atoms with Crippen molar-refractivity contribution in [3.05, 3.63) is 0 Å². The van der Waals surface area contributed by atoms with Crippen LogP contribution in [-0.4, -0.2) is 12.6 Å². The predicted octanol–water partition coefficient (Wildman–Crippen LogP) is 1.85. The third-order valence-corrected chi connectivity index (χ3v) is 2.02. The van der Waals surface area contributed by atoms with E-state index in [1.165, 1.54) is 19.3 Å². The van der Waals surface area contributed by atoms with Crippen molar-refractivity contribution in [1.29, 1.82) is 5.26 Å². The lowest BCUT2D eigenvalue weighted by Crippen LogP contribution is -2.33. The molecule has 1 heterocycles. The fourth-order valence-electron chi connectivity index (χ4n) is 1.41. The van der Waals surface area contributed by atoms with Crippen LogP contribution in [0.25, 0.3) is 0 Å². The van der Waals surface area contributed by atoms with Crippen molar-refractivity contribution in [3.63, 3.8) is 0 Å². The van der Waals surface area contributed by atoms with E-state index < -0.39 is 0 Å². The summed E-state index contributed by atoms with van der Waals surface area (Å²) < 4.78 is 0. The molecule has 0 aromatic rings. The molecule has 3 heteroatoms. The number of nitrogens with one attached hydrogen (secondary N) is 1. The number of hydrogen-bond donors (Lipinski definition) is 1. The minimum atomic E-state index is 0. The van der Waals surface area contributed by atoms with Gasteiger partial charge in [-0.2, -0.15) is 5.26 Å². The third-order valence-electron chi connectivity index (χ3n) is 2.02. The Hall–Kier alpha value is -0.260. The molecule has 0 amide bonds. The minimum Gasteiger partial charge on any atom is -0.314 e.